The van der Waals surface area contributed by atoms with Crippen molar-refractivity contribution in [1.29, 1.82) is 0 Å². The van der Waals surface area contributed by atoms with Gasteiger partial charge in [0.05, 0.1) is 11.6 Å². The largest absolute Gasteiger partial charge is 0.386 e. The number of hydrogen-bond donors (Lipinski definition) is 5. The molecule has 5 heteroatoms. The second-order valence-electron chi connectivity index (χ2n) is 11.0. The van der Waals surface area contributed by atoms with Gasteiger partial charge in [0.15, 0.2) is 0 Å². The molecule has 0 fully saturated rings. The first-order chi connectivity index (χ1) is 12.4. The Morgan fingerprint density at radius 1 is 0.643 bits per heavy atom. The molecule has 0 heterocycles. The van der Waals surface area contributed by atoms with Crippen LogP contribution in [0.2, 0.25) is 0 Å². The van der Waals surface area contributed by atoms with Gasteiger partial charge in [0.1, 0.15) is 0 Å². The molecule has 0 rings (SSSR count). The van der Waals surface area contributed by atoms with Crippen LogP contribution in [0.3, 0.4) is 0 Å². The van der Waals surface area contributed by atoms with Crippen LogP contribution < -0.4 is 27.8 Å². The Morgan fingerprint density at radius 2 is 0.929 bits per heavy atom. The fourth-order valence-corrected chi connectivity index (χ4v) is 1.83. The number of nitrogens with one attached hydrogen (secondary N) is 2. The van der Waals surface area contributed by atoms with Gasteiger partial charge in [-0.3, -0.25) is 0 Å². The molecule has 0 aliphatic carbocycles. The molecular weight excluding hydrogens is 346 g/mol. The first-order valence-corrected chi connectivity index (χ1v) is 10.5. The lowest BCUT2D eigenvalue weighted by molar-refractivity contribution is 0.368. The van der Waals surface area contributed by atoms with E-state index in [0.717, 1.165) is 38.9 Å². The maximum atomic E-state index is 5.34. The molecule has 0 amide bonds. The summed E-state index contributed by atoms with van der Waals surface area (Å²) in [7, 11) is 0. The molecule has 0 radical (unpaired) electrons. The molecule has 0 spiro atoms. The minimum atomic E-state index is 0.377. The summed E-state index contributed by atoms with van der Waals surface area (Å²) in [5, 5.41) is 5.97. The zero-order valence-electron chi connectivity index (χ0n) is 20.6. The Hall–Kier alpha value is -1.36. The Kier molecular flexibility index (Phi) is 17.4. The smallest absolute Gasteiger partial charge is 0.0885 e. The van der Waals surface area contributed by atoms with E-state index in [1.165, 1.54) is 6.42 Å². The lowest BCUT2D eigenvalue weighted by Crippen LogP contribution is -2.23. The SMILES string of the molecule is C=C(N)NCCC(C)(C)C.C=C(N)NCCC(C)(C)C.CC(C)(C)CCCN. The third-order valence-corrected chi connectivity index (χ3v) is 3.59. The van der Waals surface area contributed by atoms with Crippen molar-refractivity contribution in [3.63, 3.8) is 0 Å². The van der Waals surface area contributed by atoms with Crippen LogP contribution in [-0.4, -0.2) is 19.6 Å². The van der Waals surface area contributed by atoms with E-state index < -0.39 is 0 Å². The van der Waals surface area contributed by atoms with Crippen LogP contribution >= 0.6 is 0 Å². The van der Waals surface area contributed by atoms with Crippen LogP contribution in [0.15, 0.2) is 24.8 Å². The Labute approximate surface area is 177 Å². The molecular formula is C23H53N5. The van der Waals surface area contributed by atoms with Gasteiger partial charge < -0.3 is 27.8 Å². The van der Waals surface area contributed by atoms with Crippen molar-refractivity contribution < 1.29 is 0 Å². The van der Waals surface area contributed by atoms with Gasteiger partial charge in [0.25, 0.3) is 0 Å². The van der Waals surface area contributed by atoms with E-state index in [9.17, 15) is 0 Å². The van der Waals surface area contributed by atoms with E-state index in [1.54, 1.807) is 0 Å². The monoisotopic (exact) mass is 399 g/mol. The normalized spacial score (nSPS) is 11.4. The molecule has 0 saturated heterocycles. The standard InChI is InChI=1S/2C8H18N2.C7H17N/c2*1-7(9)10-6-5-8(2,3)4;1-7(2,3)5-4-6-8/h2*10H,1,5-6,9H2,2-4H3;4-6,8H2,1-3H3. The predicted molar refractivity (Wildman–Crippen MR) is 129 cm³/mol. The highest BCUT2D eigenvalue weighted by molar-refractivity contribution is 4.83. The van der Waals surface area contributed by atoms with Crippen molar-refractivity contribution in [3.05, 3.63) is 24.8 Å². The van der Waals surface area contributed by atoms with Gasteiger partial charge in [-0.15, -0.1) is 0 Å². The fourth-order valence-electron chi connectivity index (χ4n) is 1.83. The molecule has 8 N–H and O–H groups in total. The van der Waals surface area contributed by atoms with Crippen molar-refractivity contribution in [3.8, 4) is 0 Å². The number of hydrogen-bond acceptors (Lipinski definition) is 5. The van der Waals surface area contributed by atoms with Gasteiger partial charge in [-0.25, -0.2) is 0 Å². The molecule has 0 aliphatic heterocycles. The minimum absolute atomic E-state index is 0.377. The summed E-state index contributed by atoms with van der Waals surface area (Å²) in [5.41, 5.74) is 17.2. The van der Waals surface area contributed by atoms with Crippen molar-refractivity contribution in [2.45, 2.75) is 88.0 Å². The predicted octanol–water partition coefficient (Wildman–Crippen LogP) is 4.66. The van der Waals surface area contributed by atoms with E-state index >= 15 is 0 Å². The maximum Gasteiger partial charge on any atom is 0.0885 e. The summed E-state index contributed by atoms with van der Waals surface area (Å²) in [4.78, 5) is 0. The zero-order chi connectivity index (χ0) is 23.0. The highest BCUT2D eigenvalue weighted by atomic mass is 15.0. The van der Waals surface area contributed by atoms with Crippen LogP contribution in [0.5, 0.6) is 0 Å². The Morgan fingerprint density at radius 3 is 1.07 bits per heavy atom. The van der Waals surface area contributed by atoms with Crippen LogP contribution in [0.1, 0.15) is 88.0 Å². The molecule has 170 valence electrons. The van der Waals surface area contributed by atoms with Crippen molar-refractivity contribution in [2.75, 3.05) is 19.6 Å². The van der Waals surface area contributed by atoms with Gasteiger partial charge >= 0.3 is 0 Å². The lowest BCUT2D eigenvalue weighted by Gasteiger charge is -2.18. The van der Waals surface area contributed by atoms with Crippen molar-refractivity contribution in [1.82, 2.24) is 10.6 Å². The molecule has 0 aromatic rings. The first-order valence-electron chi connectivity index (χ1n) is 10.5. The zero-order valence-corrected chi connectivity index (χ0v) is 20.6. The van der Waals surface area contributed by atoms with Gasteiger partial charge in [-0.1, -0.05) is 75.5 Å². The second kappa shape index (κ2) is 15.5. The summed E-state index contributed by atoms with van der Waals surface area (Å²) < 4.78 is 0. The summed E-state index contributed by atoms with van der Waals surface area (Å²) in [6, 6.07) is 0. The molecule has 0 aliphatic rings. The van der Waals surface area contributed by atoms with E-state index in [0.29, 0.717) is 27.9 Å². The van der Waals surface area contributed by atoms with E-state index in [-0.39, 0.29) is 0 Å². The van der Waals surface area contributed by atoms with E-state index in [4.69, 9.17) is 17.2 Å². The first kappa shape index (κ1) is 31.3. The molecule has 0 aromatic carbocycles. The molecule has 5 nitrogen and oxygen atoms in total. The molecule has 0 bridgehead atoms. The number of nitrogens with two attached hydrogens (primary N) is 3. The molecule has 28 heavy (non-hydrogen) atoms. The van der Waals surface area contributed by atoms with Gasteiger partial charge in [0.2, 0.25) is 0 Å². The van der Waals surface area contributed by atoms with Crippen molar-refractivity contribution >= 4 is 0 Å². The molecule has 0 aromatic heterocycles. The summed E-state index contributed by atoms with van der Waals surface area (Å²) in [5.74, 6) is 1.12. The minimum Gasteiger partial charge on any atom is -0.386 e. The lowest BCUT2D eigenvalue weighted by atomic mass is 9.91. The van der Waals surface area contributed by atoms with Crippen LogP contribution in [0.25, 0.3) is 0 Å². The third kappa shape index (κ3) is 44.3. The molecule has 0 unspecified atom stereocenters. The number of rotatable bonds is 8. The quantitative estimate of drug-likeness (QED) is 0.409. The third-order valence-electron chi connectivity index (χ3n) is 3.59. The highest BCUT2D eigenvalue weighted by Gasteiger charge is 2.09. The van der Waals surface area contributed by atoms with Crippen molar-refractivity contribution in [2.24, 2.45) is 33.4 Å². The average Bonchev–Trinajstić information content (AvgIpc) is 2.42. The van der Waals surface area contributed by atoms with E-state index in [1.807, 2.05) is 0 Å². The summed E-state index contributed by atoms with van der Waals surface area (Å²) in [6.45, 7) is 29.7. The molecule has 0 atom stereocenters. The summed E-state index contributed by atoms with van der Waals surface area (Å²) in [6.07, 6.45) is 4.62. The highest BCUT2D eigenvalue weighted by Crippen LogP contribution is 2.19. The van der Waals surface area contributed by atoms with Crippen LogP contribution in [0, 0.1) is 16.2 Å². The Bertz CT molecular complexity index is 365. The van der Waals surface area contributed by atoms with E-state index in [2.05, 4.69) is 86.1 Å². The van der Waals surface area contributed by atoms with Crippen LogP contribution in [-0.2, 0) is 0 Å². The Balaban J connectivity index is -0.000000337. The maximum absolute atomic E-state index is 5.34. The van der Waals surface area contributed by atoms with Gasteiger partial charge in [-0.2, -0.15) is 0 Å². The second-order valence-corrected chi connectivity index (χ2v) is 11.0. The molecule has 0 saturated carbocycles. The van der Waals surface area contributed by atoms with Gasteiger partial charge in [0, 0.05) is 13.1 Å². The summed E-state index contributed by atoms with van der Waals surface area (Å²) >= 11 is 0. The average molecular weight is 400 g/mol. The topological polar surface area (TPSA) is 102 Å². The van der Waals surface area contributed by atoms with Crippen LogP contribution in [0.4, 0.5) is 0 Å². The fraction of sp³-hybridized carbons (Fsp3) is 0.826. The van der Waals surface area contributed by atoms with Gasteiger partial charge in [-0.05, 0) is 48.5 Å².